The highest BCUT2D eigenvalue weighted by Gasteiger charge is 2.21. The van der Waals surface area contributed by atoms with Crippen LogP contribution in [0.25, 0.3) is 22.2 Å². The second-order valence-electron chi connectivity index (χ2n) is 7.83. The smallest absolute Gasteiger partial charge is 0.330 e. The molecule has 170 valence electrons. The first-order chi connectivity index (χ1) is 15.9. The number of hydrogen-bond acceptors (Lipinski definition) is 6. The van der Waals surface area contributed by atoms with Crippen LogP contribution < -0.4 is 30.2 Å². The lowest BCUT2D eigenvalue weighted by Gasteiger charge is -2.13. The van der Waals surface area contributed by atoms with E-state index in [2.05, 4.69) is 0 Å². The Bertz CT molecular complexity index is 1510. The summed E-state index contributed by atoms with van der Waals surface area (Å²) >= 11 is 0. The van der Waals surface area contributed by atoms with E-state index < -0.39 is 0 Å². The molecule has 2 aromatic heterocycles. The van der Waals surface area contributed by atoms with Crippen molar-refractivity contribution in [1.29, 1.82) is 0 Å². The summed E-state index contributed by atoms with van der Waals surface area (Å²) in [5.41, 5.74) is 2.21. The summed E-state index contributed by atoms with van der Waals surface area (Å²) in [4.78, 5) is 25.8. The fourth-order valence-electron chi connectivity index (χ4n) is 4.24. The number of ether oxygens (including phenoxy) is 4. The molecule has 1 aliphatic rings. The Balaban J connectivity index is 1.77. The van der Waals surface area contributed by atoms with Gasteiger partial charge in [-0.15, -0.1) is 0 Å². The van der Waals surface area contributed by atoms with Crippen molar-refractivity contribution >= 4 is 10.9 Å². The van der Waals surface area contributed by atoms with Crippen LogP contribution in [-0.4, -0.2) is 34.7 Å². The van der Waals surface area contributed by atoms with E-state index >= 15 is 0 Å². The number of benzene rings is 2. The first kappa shape index (κ1) is 20.7. The first-order valence-corrected chi connectivity index (χ1v) is 10.3. The summed E-state index contributed by atoms with van der Waals surface area (Å²) in [6.45, 7) is 0.646. The molecule has 9 heteroatoms. The third-order valence-electron chi connectivity index (χ3n) is 5.96. The molecule has 4 aromatic rings. The van der Waals surface area contributed by atoms with Crippen LogP contribution in [0.5, 0.6) is 23.0 Å². The Hall–Kier alpha value is -4.14. The molecular weight excluding hydrogens is 426 g/mol. The molecule has 0 N–H and O–H groups in total. The number of methoxy groups -OCH3 is 2. The maximum atomic E-state index is 13.2. The topological polar surface area (TPSA) is 85.9 Å². The van der Waals surface area contributed by atoms with Gasteiger partial charge in [0.2, 0.25) is 6.79 Å². The number of fused-ring (bicyclic) bond motifs is 2. The molecule has 33 heavy (non-hydrogen) atoms. The van der Waals surface area contributed by atoms with Gasteiger partial charge in [0.25, 0.3) is 5.56 Å². The molecule has 0 unspecified atom stereocenters. The Labute approximate surface area is 188 Å². The SMILES string of the molecule is COc1ccc(-c2c3c(=O)n(C)c(=O)n(C)c3cn2Cc2ccc3c(c2)OCO3)cc1OC. The zero-order valence-corrected chi connectivity index (χ0v) is 18.7. The predicted molar refractivity (Wildman–Crippen MR) is 123 cm³/mol. The predicted octanol–water partition coefficient (Wildman–Crippen LogP) is 2.50. The third kappa shape index (κ3) is 3.24. The van der Waals surface area contributed by atoms with Crippen LogP contribution in [0.4, 0.5) is 0 Å². The number of aryl methyl sites for hydroxylation is 1. The van der Waals surface area contributed by atoms with E-state index in [9.17, 15) is 9.59 Å². The van der Waals surface area contributed by atoms with E-state index in [1.165, 1.54) is 11.6 Å². The lowest BCUT2D eigenvalue weighted by molar-refractivity contribution is 0.174. The van der Waals surface area contributed by atoms with Crippen molar-refractivity contribution in [3.63, 3.8) is 0 Å². The first-order valence-electron chi connectivity index (χ1n) is 10.3. The molecule has 0 radical (unpaired) electrons. The number of hydrogen-bond donors (Lipinski definition) is 0. The van der Waals surface area contributed by atoms with Gasteiger partial charge in [0.1, 0.15) is 0 Å². The molecule has 0 amide bonds. The summed E-state index contributed by atoms with van der Waals surface area (Å²) in [6.07, 6.45) is 1.83. The zero-order chi connectivity index (χ0) is 23.3. The van der Waals surface area contributed by atoms with Crippen LogP contribution in [0, 0.1) is 0 Å². The van der Waals surface area contributed by atoms with Gasteiger partial charge in [-0.3, -0.25) is 13.9 Å². The zero-order valence-electron chi connectivity index (χ0n) is 18.7. The standard InChI is InChI=1S/C24H23N3O6/c1-25-16-12-27(11-14-5-7-18-20(9-14)33-13-32-18)22(21(16)23(28)26(2)24(25)29)15-6-8-17(30-3)19(10-15)31-4/h5-10,12H,11,13H2,1-4H3. The maximum absolute atomic E-state index is 13.2. The van der Waals surface area contributed by atoms with Crippen LogP contribution in [0.3, 0.4) is 0 Å². The van der Waals surface area contributed by atoms with Crippen molar-refractivity contribution in [2.75, 3.05) is 21.0 Å². The maximum Gasteiger partial charge on any atom is 0.330 e. The van der Waals surface area contributed by atoms with Crippen LogP contribution in [0.15, 0.2) is 52.2 Å². The van der Waals surface area contributed by atoms with Gasteiger partial charge in [-0.05, 0) is 35.9 Å². The average molecular weight is 449 g/mol. The van der Waals surface area contributed by atoms with Crippen molar-refractivity contribution in [2.24, 2.45) is 14.1 Å². The van der Waals surface area contributed by atoms with E-state index in [4.69, 9.17) is 18.9 Å². The van der Waals surface area contributed by atoms with Gasteiger partial charge in [0, 0.05) is 32.4 Å². The quantitative estimate of drug-likeness (QED) is 0.465. The molecule has 0 saturated heterocycles. The van der Waals surface area contributed by atoms with Crippen molar-refractivity contribution in [1.82, 2.24) is 13.7 Å². The summed E-state index contributed by atoms with van der Waals surface area (Å²) in [5, 5.41) is 0.451. The molecule has 0 aliphatic carbocycles. The van der Waals surface area contributed by atoms with Gasteiger partial charge in [0.05, 0.1) is 30.8 Å². The Kier molecular flexibility index (Phi) is 4.88. The molecule has 0 bridgehead atoms. The van der Waals surface area contributed by atoms with Crippen LogP contribution in [-0.2, 0) is 20.6 Å². The van der Waals surface area contributed by atoms with Crippen molar-refractivity contribution in [3.8, 4) is 34.3 Å². The van der Waals surface area contributed by atoms with Crippen LogP contribution >= 0.6 is 0 Å². The molecule has 5 rings (SSSR count). The Morgan fingerprint density at radius 2 is 1.67 bits per heavy atom. The highest BCUT2D eigenvalue weighted by atomic mass is 16.7. The molecule has 3 heterocycles. The number of rotatable bonds is 5. The molecule has 9 nitrogen and oxygen atoms in total. The lowest BCUT2D eigenvalue weighted by atomic mass is 10.1. The highest BCUT2D eigenvalue weighted by Crippen LogP contribution is 2.37. The molecule has 0 fully saturated rings. The second-order valence-corrected chi connectivity index (χ2v) is 7.83. The number of nitrogens with zero attached hydrogens (tertiary/aromatic N) is 3. The normalized spacial score (nSPS) is 12.4. The van der Waals surface area contributed by atoms with Crippen molar-refractivity contribution in [3.05, 3.63) is 69.0 Å². The van der Waals surface area contributed by atoms with E-state index in [0.717, 1.165) is 15.7 Å². The summed E-state index contributed by atoms with van der Waals surface area (Å²) < 4.78 is 26.4. The van der Waals surface area contributed by atoms with Gasteiger partial charge in [0.15, 0.2) is 23.0 Å². The molecular formula is C24H23N3O6. The minimum atomic E-state index is -0.383. The van der Waals surface area contributed by atoms with Crippen molar-refractivity contribution < 1.29 is 18.9 Å². The minimum Gasteiger partial charge on any atom is -0.493 e. The monoisotopic (exact) mass is 449 g/mol. The van der Waals surface area contributed by atoms with Gasteiger partial charge in [-0.25, -0.2) is 4.79 Å². The number of aromatic nitrogens is 3. The fourth-order valence-corrected chi connectivity index (χ4v) is 4.24. The third-order valence-corrected chi connectivity index (χ3v) is 5.96. The summed E-state index contributed by atoms with van der Waals surface area (Å²) in [7, 11) is 6.28. The second kappa shape index (κ2) is 7.77. The summed E-state index contributed by atoms with van der Waals surface area (Å²) in [5.74, 6) is 2.51. The van der Waals surface area contributed by atoms with E-state index in [1.54, 1.807) is 27.3 Å². The molecule has 1 aliphatic heterocycles. The van der Waals surface area contributed by atoms with Gasteiger partial charge in [-0.2, -0.15) is 0 Å². The molecule has 2 aromatic carbocycles. The average Bonchev–Trinajstić information content (AvgIpc) is 3.45. The van der Waals surface area contributed by atoms with Gasteiger partial charge < -0.3 is 23.5 Å². The van der Waals surface area contributed by atoms with E-state index in [1.807, 2.05) is 41.1 Å². The molecule has 0 atom stereocenters. The Morgan fingerprint density at radius 1 is 0.909 bits per heavy atom. The summed E-state index contributed by atoms with van der Waals surface area (Å²) in [6, 6.07) is 11.2. The van der Waals surface area contributed by atoms with E-state index in [0.29, 0.717) is 46.1 Å². The molecule has 0 saturated carbocycles. The largest absolute Gasteiger partial charge is 0.493 e. The van der Waals surface area contributed by atoms with Gasteiger partial charge >= 0.3 is 5.69 Å². The van der Waals surface area contributed by atoms with Crippen LogP contribution in [0.1, 0.15) is 5.56 Å². The van der Waals surface area contributed by atoms with E-state index in [-0.39, 0.29) is 18.0 Å². The lowest BCUT2D eigenvalue weighted by Crippen LogP contribution is -2.36. The molecule has 0 spiro atoms. The minimum absolute atomic E-state index is 0.196. The Morgan fingerprint density at radius 3 is 2.42 bits per heavy atom. The van der Waals surface area contributed by atoms with Crippen molar-refractivity contribution in [2.45, 2.75) is 6.54 Å². The van der Waals surface area contributed by atoms with Crippen LogP contribution in [0.2, 0.25) is 0 Å². The fraction of sp³-hybridized carbons (Fsp3) is 0.250. The van der Waals surface area contributed by atoms with Gasteiger partial charge in [-0.1, -0.05) is 6.07 Å². The highest BCUT2D eigenvalue weighted by molar-refractivity contribution is 5.94.